The Bertz CT molecular complexity index is 1160. The lowest BCUT2D eigenvalue weighted by Gasteiger charge is -2.31. The molecule has 0 radical (unpaired) electrons. The first kappa shape index (κ1) is 24.8. The predicted molar refractivity (Wildman–Crippen MR) is 124 cm³/mol. The molecule has 3 heterocycles. The number of aryl methyl sites for hydroxylation is 1. The van der Waals surface area contributed by atoms with E-state index in [2.05, 4.69) is 30.8 Å². The number of benzene rings is 1. The minimum absolute atomic E-state index is 0.0305. The molecule has 1 aromatic carbocycles. The fourth-order valence-corrected chi connectivity index (χ4v) is 4.30. The minimum Gasteiger partial charge on any atom is -0.379 e. The monoisotopic (exact) mass is 508 g/mol. The van der Waals surface area contributed by atoms with Crippen molar-refractivity contribution < 1.29 is 27.5 Å². The highest BCUT2D eigenvalue weighted by atomic mass is 32.1. The number of nitrogens with one attached hydrogen (secondary N) is 3. The first-order chi connectivity index (χ1) is 16.7. The average Bonchev–Trinajstić information content (AvgIpc) is 3.33. The van der Waals surface area contributed by atoms with Gasteiger partial charge in [-0.3, -0.25) is 19.5 Å². The summed E-state index contributed by atoms with van der Waals surface area (Å²) in [6, 6.07) is 3.60. The zero-order valence-corrected chi connectivity index (χ0v) is 19.5. The van der Waals surface area contributed by atoms with Crippen LogP contribution in [0.1, 0.15) is 25.8 Å². The second kappa shape index (κ2) is 10.5. The van der Waals surface area contributed by atoms with E-state index in [1.807, 2.05) is 0 Å². The van der Waals surface area contributed by atoms with E-state index < -0.39 is 17.6 Å². The number of hydrogen-bond donors (Lipinski definition) is 3. The number of thiazole rings is 1. The van der Waals surface area contributed by atoms with E-state index >= 15 is 0 Å². The van der Waals surface area contributed by atoms with Crippen molar-refractivity contribution in [3.05, 3.63) is 57.2 Å². The number of aliphatic imine (C=N–C) groups is 1. The van der Waals surface area contributed by atoms with Gasteiger partial charge < -0.3 is 20.7 Å². The second-order valence-corrected chi connectivity index (χ2v) is 8.96. The Balaban J connectivity index is 1.33. The molecule has 2 amide bonds. The van der Waals surface area contributed by atoms with Crippen molar-refractivity contribution in [2.24, 2.45) is 4.99 Å². The fraction of sp³-hybridized carbons (Fsp3) is 0.364. The van der Waals surface area contributed by atoms with Crippen LogP contribution in [0.4, 0.5) is 18.9 Å². The first-order valence-electron chi connectivity index (χ1n) is 10.7. The molecule has 1 unspecified atom stereocenters. The van der Waals surface area contributed by atoms with E-state index in [4.69, 9.17) is 4.74 Å². The van der Waals surface area contributed by atoms with Crippen LogP contribution in [-0.4, -0.2) is 60.5 Å². The van der Waals surface area contributed by atoms with Gasteiger partial charge in [0.05, 0.1) is 37.9 Å². The Kier molecular flexibility index (Phi) is 7.48. The van der Waals surface area contributed by atoms with Gasteiger partial charge in [-0.15, -0.1) is 11.3 Å². The third-order valence-corrected chi connectivity index (χ3v) is 6.40. The van der Waals surface area contributed by atoms with Gasteiger partial charge in [-0.2, -0.15) is 13.2 Å². The highest BCUT2D eigenvalue weighted by Gasteiger charge is 2.32. The minimum atomic E-state index is -4.52. The Hall–Kier alpha value is -3.29. The molecular weight excluding hydrogens is 485 g/mol. The first-order valence-corrected chi connectivity index (χ1v) is 11.6. The Morgan fingerprint density at radius 3 is 2.77 bits per heavy atom. The van der Waals surface area contributed by atoms with Crippen LogP contribution in [0.3, 0.4) is 0 Å². The number of carbonyl (C=O) groups excluding carboxylic acids is 2. The Labute approximate surface area is 203 Å². The summed E-state index contributed by atoms with van der Waals surface area (Å²) >= 11 is 1.04. The molecule has 0 aliphatic carbocycles. The normalized spacial score (nSPS) is 18.5. The topological polar surface area (TPSA) is 108 Å². The van der Waals surface area contributed by atoms with Crippen molar-refractivity contribution in [3.8, 4) is 0 Å². The molecule has 186 valence electrons. The number of morpholine rings is 1. The molecule has 1 saturated heterocycles. The fourth-order valence-electron chi connectivity index (χ4n) is 3.55. The molecule has 1 fully saturated rings. The van der Waals surface area contributed by atoms with Gasteiger partial charge in [0.1, 0.15) is 21.7 Å². The summed E-state index contributed by atoms with van der Waals surface area (Å²) in [4.78, 5) is 35.9. The number of alkyl halides is 3. The van der Waals surface area contributed by atoms with Crippen LogP contribution in [-0.2, 0) is 22.3 Å². The number of amides is 2. The van der Waals surface area contributed by atoms with E-state index in [-0.39, 0.29) is 34.7 Å². The largest absolute Gasteiger partial charge is 0.416 e. The van der Waals surface area contributed by atoms with Crippen molar-refractivity contribution in [2.75, 3.05) is 31.6 Å². The van der Waals surface area contributed by atoms with E-state index in [1.54, 1.807) is 6.08 Å². The summed E-state index contributed by atoms with van der Waals surface area (Å²) in [6.07, 6.45) is -0.235. The number of rotatable bonds is 6. The van der Waals surface area contributed by atoms with Crippen LogP contribution in [0.2, 0.25) is 0 Å². The lowest BCUT2D eigenvalue weighted by molar-refractivity contribution is -0.138. The van der Waals surface area contributed by atoms with Gasteiger partial charge in [0.25, 0.3) is 11.8 Å². The number of nitrogens with zero attached hydrogens (tertiary/aromatic N) is 3. The van der Waals surface area contributed by atoms with Gasteiger partial charge in [0.15, 0.2) is 0 Å². The molecule has 3 N–H and O–H groups in total. The van der Waals surface area contributed by atoms with Crippen LogP contribution in [0.25, 0.3) is 0 Å². The van der Waals surface area contributed by atoms with Gasteiger partial charge in [-0.25, -0.2) is 4.98 Å². The third kappa shape index (κ3) is 6.24. The van der Waals surface area contributed by atoms with Gasteiger partial charge in [-0.05, 0) is 30.7 Å². The molecular formula is C22H23F3N6O3S. The van der Waals surface area contributed by atoms with Crippen molar-refractivity contribution in [3.63, 3.8) is 0 Å². The molecule has 2 aliphatic heterocycles. The molecule has 4 rings (SSSR count). The van der Waals surface area contributed by atoms with Crippen LogP contribution in [0.15, 0.2) is 41.2 Å². The van der Waals surface area contributed by atoms with Crippen molar-refractivity contribution >= 4 is 35.2 Å². The SMILES string of the molecule is Cc1ccc(NC(=O)c2cnc(CNC(=O)C3=CC(N4CCOCC4)N=CN3)s2)cc1C(F)(F)F. The summed E-state index contributed by atoms with van der Waals surface area (Å²) in [6.45, 7) is 4.10. The maximum Gasteiger partial charge on any atom is 0.416 e. The smallest absolute Gasteiger partial charge is 0.379 e. The Morgan fingerprint density at radius 1 is 1.26 bits per heavy atom. The number of halogens is 3. The molecule has 1 atom stereocenters. The molecule has 9 nitrogen and oxygen atoms in total. The highest BCUT2D eigenvalue weighted by molar-refractivity contribution is 7.13. The van der Waals surface area contributed by atoms with Gasteiger partial charge in [0, 0.05) is 18.8 Å². The van der Waals surface area contributed by atoms with Crippen LogP contribution in [0.5, 0.6) is 0 Å². The van der Waals surface area contributed by atoms with Crippen molar-refractivity contribution in [2.45, 2.75) is 25.8 Å². The summed E-state index contributed by atoms with van der Waals surface area (Å²) in [5.41, 5.74) is -0.361. The summed E-state index contributed by atoms with van der Waals surface area (Å²) < 4.78 is 44.7. The van der Waals surface area contributed by atoms with E-state index in [1.165, 1.54) is 31.6 Å². The molecule has 13 heteroatoms. The highest BCUT2D eigenvalue weighted by Crippen LogP contribution is 2.33. The standard InChI is InChI=1S/C22H23F3N6O3S/c1-13-2-3-14(8-15(13)22(23,24)25)30-21(33)17-10-26-19(35-17)11-27-20(32)16-9-18(29-12-28-16)31-4-6-34-7-5-31/h2-3,8-10,12,18H,4-7,11H2,1H3,(H,27,32)(H,28,29)(H,30,33). The average molecular weight is 509 g/mol. The third-order valence-electron chi connectivity index (χ3n) is 5.41. The molecule has 35 heavy (non-hydrogen) atoms. The summed E-state index contributed by atoms with van der Waals surface area (Å²) in [5.74, 6) is -0.937. The molecule has 1 aromatic heterocycles. The van der Waals surface area contributed by atoms with Gasteiger partial charge in [0.2, 0.25) is 0 Å². The molecule has 2 aliphatic rings. The maximum atomic E-state index is 13.1. The molecule has 0 spiro atoms. The van der Waals surface area contributed by atoms with Crippen LogP contribution >= 0.6 is 11.3 Å². The summed E-state index contributed by atoms with van der Waals surface area (Å²) in [7, 11) is 0. The zero-order valence-electron chi connectivity index (χ0n) is 18.7. The maximum absolute atomic E-state index is 13.1. The number of carbonyl (C=O) groups is 2. The zero-order chi connectivity index (χ0) is 25.0. The number of anilines is 1. The van der Waals surface area contributed by atoms with E-state index in [0.29, 0.717) is 23.9 Å². The Morgan fingerprint density at radius 2 is 2.03 bits per heavy atom. The van der Waals surface area contributed by atoms with Gasteiger partial charge >= 0.3 is 6.18 Å². The second-order valence-electron chi connectivity index (χ2n) is 7.85. The number of ether oxygens (including phenoxy) is 1. The molecule has 2 aromatic rings. The molecule has 0 saturated carbocycles. The van der Waals surface area contributed by atoms with Crippen molar-refractivity contribution in [1.29, 1.82) is 0 Å². The van der Waals surface area contributed by atoms with E-state index in [9.17, 15) is 22.8 Å². The quantitative estimate of drug-likeness (QED) is 0.554. The van der Waals surface area contributed by atoms with Gasteiger partial charge in [-0.1, -0.05) is 6.07 Å². The van der Waals surface area contributed by atoms with Crippen molar-refractivity contribution in [1.82, 2.24) is 20.5 Å². The number of aromatic nitrogens is 1. The van der Waals surface area contributed by atoms with Crippen LogP contribution < -0.4 is 16.0 Å². The van der Waals surface area contributed by atoms with E-state index in [0.717, 1.165) is 30.5 Å². The molecule has 0 bridgehead atoms. The van der Waals surface area contributed by atoms with Crippen LogP contribution in [0, 0.1) is 6.92 Å². The lowest BCUT2D eigenvalue weighted by atomic mass is 10.1. The summed E-state index contributed by atoms with van der Waals surface area (Å²) in [5, 5.41) is 8.50. The lowest BCUT2D eigenvalue weighted by Crippen LogP contribution is -2.45. The number of hydrogen-bond acceptors (Lipinski definition) is 8. The predicted octanol–water partition coefficient (Wildman–Crippen LogP) is 2.51.